The molecule has 7 heteroatoms. The Kier molecular flexibility index (Phi) is 2.56. The van der Waals surface area contributed by atoms with Crippen molar-refractivity contribution in [3.05, 3.63) is 28.0 Å². The lowest BCUT2D eigenvalue weighted by Gasteiger charge is -2.01. The van der Waals surface area contributed by atoms with Gasteiger partial charge in [-0.15, -0.1) is 21.5 Å². The SMILES string of the molecule is Cc1nnc(NCc2c(C)nc3sccn23)s1. The summed E-state index contributed by atoms with van der Waals surface area (Å²) in [7, 11) is 0. The smallest absolute Gasteiger partial charge is 0.205 e. The molecule has 17 heavy (non-hydrogen) atoms. The number of imidazole rings is 1. The van der Waals surface area contributed by atoms with Crippen molar-refractivity contribution in [2.45, 2.75) is 20.4 Å². The number of anilines is 1. The van der Waals surface area contributed by atoms with Crippen molar-refractivity contribution < 1.29 is 0 Å². The first-order chi connectivity index (χ1) is 8.24. The number of nitrogens with zero attached hydrogens (tertiary/aromatic N) is 4. The highest BCUT2D eigenvalue weighted by Crippen LogP contribution is 2.19. The maximum Gasteiger partial charge on any atom is 0.205 e. The molecular formula is C10H11N5S2. The van der Waals surface area contributed by atoms with Crippen LogP contribution in [-0.2, 0) is 6.54 Å². The van der Waals surface area contributed by atoms with Crippen molar-refractivity contribution in [2.75, 3.05) is 5.32 Å². The van der Waals surface area contributed by atoms with Crippen LogP contribution in [0, 0.1) is 13.8 Å². The van der Waals surface area contributed by atoms with Gasteiger partial charge in [0.1, 0.15) is 5.01 Å². The van der Waals surface area contributed by atoms with E-state index < -0.39 is 0 Å². The average Bonchev–Trinajstić information content (AvgIpc) is 2.93. The number of fused-ring (bicyclic) bond motifs is 1. The molecule has 3 aromatic rings. The monoisotopic (exact) mass is 265 g/mol. The third-order valence-electron chi connectivity index (χ3n) is 2.49. The highest BCUT2D eigenvalue weighted by atomic mass is 32.1. The first-order valence-electron chi connectivity index (χ1n) is 5.19. The van der Waals surface area contributed by atoms with E-state index >= 15 is 0 Å². The molecule has 0 aromatic carbocycles. The average molecular weight is 265 g/mol. The van der Waals surface area contributed by atoms with Gasteiger partial charge in [-0.1, -0.05) is 11.3 Å². The Morgan fingerprint density at radius 1 is 1.35 bits per heavy atom. The fraction of sp³-hybridized carbons (Fsp3) is 0.300. The summed E-state index contributed by atoms with van der Waals surface area (Å²) < 4.78 is 2.11. The lowest BCUT2D eigenvalue weighted by Crippen LogP contribution is -2.03. The Hall–Kier alpha value is -1.47. The summed E-state index contributed by atoms with van der Waals surface area (Å²) in [6.07, 6.45) is 2.04. The number of thiazole rings is 1. The lowest BCUT2D eigenvalue weighted by atomic mass is 10.3. The Labute approximate surface area is 106 Å². The van der Waals surface area contributed by atoms with Crippen LogP contribution in [0.4, 0.5) is 5.13 Å². The predicted octanol–water partition coefficient (Wildman–Crippen LogP) is 2.48. The van der Waals surface area contributed by atoms with Crippen LogP contribution in [0.25, 0.3) is 4.96 Å². The zero-order chi connectivity index (χ0) is 11.8. The molecule has 0 fully saturated rings. The first-order valence-corrected chi connectivity index (χ1v) is 6.88. The minimum Gasteiger partial charge on any atom is -0.354 e. The van der Waals surface area contributed by atoms with E-state index in [9.17, 15) is 0 Å². The molecule has 0 saturated carbocycles. The Morgan fingerprint density at radius 3 is 3.00 bits per heavy atom. The molecule has 0 bridgehead atoms. The van der Waals surface area contributed by atoms with E-state index in [1.807, 2.05) is 25.4 Å². The van der Waals surface area contributed by atoms with Crippen molar-refractivity contribution in [2.24, 2.45) is 0 Å². The Balaban J connectivity index is 1.84. The minimum absolute atomic E-state index is 0.721. The number of aromatic nitrogens is 4. The van der Waals surface area contributed by atoms with E-state index in [0.29, 0.717) is 0 Å². The van der Waals surface area contributed by atoms with E-state index in [4.69, 9.17) is 0 Å². The molecule has 3 heterocycles. The van der Waals surface area contributed by atoms with Crippen molar-refractivity contribution in [1.82, 2.24) is 19.6 Å². The maximum absolute atomic E-state index is 4.50. The molecule has 88 valence electrons. The second-order valence-corrected chi connectivity index (χ2v) is 5.73. The molecule has 0 aliphatic carbocycles. The zero-order valence-electron chi connectivity index (χ0n) is 9.47. The maximum atomic E-state index is 4.50. The summed E-state index contributed by atoms with van der Waals surface area (Å²) in [5, 5.41) is 15.2. The van der Waals surface area contributed by atoms with E-state index in [1.165, 1.54) is 5.69 Å². The van der Waals surface area contributed by atoms with Gasteiger partial charge in [0.05, 0.1) is 17.9 Å². The first kappa shape index (κ1) is 10.7. The molecule has 0 saturated heterocycles. The molecule has 0 radical (unpaired) electrons. The summed E-state index contributed by atoms with van der Waals surface area (Å²) in [5.41, 5.74) is 2.24. The highest BCUT2D eigenvalue weighted by molar-refractivity contribution is 7.15. The summed E-state index contributed by atoms with van der Waals surface area (Å²) in [5.74, 6) is 0. The topological polar surface area (TPSA) is 55.1 Å². The van der Waals surface area contributed by atoms with Gasteiger partial charge in [-0.05, 0) is 13.8 Å². The molecule has 0 amide bonds. The van der Waals surface area contributed by atoms with Gasteiger partial charge in [-0.3, -0.25) is 4.40 Å². The van der Waals surface area contributed by atoms with Crippen molar-refractivity contribution in [3.8, 4) is 0 Å². The van der Waals surface area contributed by atoms with Crippen molar-refractivity contribution in [3.63, 3.8) is 0 Å². The van der Waals surface area contributed by atoms with Gasteiger partial charge in [0.15, 0.2) is 4.96 Å². The molecule has 1 N–H and O–H groups in total. The summed E-state index contributed by atoms with van der Waals surface area (Å²) in [6, 6.07) is 0. The summed E-state index contributed by atoms with van der Waals surface area (Å²) >= 11 is 3.21. The zero-order valence-corrected chi connectivity index (χ0v) is 11.1. The number of rotatable bonds is 3. The standard InChI is InChI=1S/C10H11N5S2/c1-6-8(15-3-4-16-10(15)12-6)5-11-9-14-13-7(2)17-9/h3-4H,5H2,1-2H3,(H,11,14). The number of aryl methyl sites for hydroxylation is 2. The van der Waals surface area contributed by atoms with Gasteiger partial charge < -0.3 is 5.32 Å². The van der Waals surface area contributed by atoms with Crippen LogP contribution >= 0.6 is 22.7 Å². The second-order valence-electron chi connectivity index (χ2n) is 3.68. The molecule has 0 unspecified atom stereocenters. The van der Waals surface area contributed by atoms with Gasteiger partial charge >= 0.3 is 0 Å². The molecule has 5 nitrogen and oxygen atoms in total. The fourth-order valence-electron chi connectivity index (χ4n) is 1.68. The van der Waals surface area contributed by atoms with Crippen LogP contribution in [0.15, 0.2) is 11.6 Å². The Morgan fingerprint density at radius 2 is 2.24 bits per heavy atom. The van der Waals surface area contributed by atoms with E-state index in [2.05, 4.69) is 24.9 Å². The fourth-order valence-corrected chi connectivity index (χ4v) is 3.05. The van der Waals surface area contributed by atoms with Crippen LogP contribution in [0.5, 0.6) is 0 Å². The summed E-state index contributed by atoms with van der Waals surface area (Å²) in [4.78, 5) is 5.53. The largest absolute Gasteiger partial charge is 0.354 e. The molecular weight excluding hydrogens is 254 g/mol. The second kappa shape index (κ2) is 4.08. The third-order valence-corrected chi connectivity index (χ3v) is 4.05. The van der Waals surface area contributed by atoms with Crippen LogP contribution in [-0.4, -0.2) is 19.6 Å². The van der Waals surface area contributed by atoms with Crippen LogP contribution in [0.2, 0.25) is 0 Å². The lowest BCUT2D eigenvalue weighted by molar-refractivity contribution is 0.971. The van der Waals surface area contributed by atoms with Gasteiger partial charge in [0.25, 0.3) is 0 Å². The summed E-state index contributed by atoms with van der Waals surface area (Å²) in [6.45, 7) is 4.70. The Bertz CT molecular complexity index is 651. The van der Waals surface area contributed by atoms with Crippen molar-refractivity contribution in [1.29, 1.82) is 0 Å². The van der Waals surface area contributed by atoms with Gasteiger partial charge in [0, 0.05) is 11.6 Å². The molecule has 3 rings (SSSR count). The molecule has 0 atom stereocenters. The quantitative estimate of drug-likeness (QED) is 0.790. The number of hydrogen-bond acceptors (Lipinski definition) is 6. The molecule has 0 spiro atoms. The molecule has 3 aromatic heterocycles. The van der Waals surface area contributed by atoms with E-state index in [1.54, 1.807) is 22.7 Å². The molecule has 0 aliphatic rings. The minimum atomic E-state index is 0.721. The van der Waals surface area contributed by atoms with Crippen LogP contribution < -0.4 is 5.32 Å². The van der Waals surface area contributed by atoms with E-state index in [0.717, 1.165) is 27.3 Å². The molecule has 0 aliphatic heterocycles. The van der Waals surface area contributed by atoms with Gasteiger partial charge in [0.2, 0.25) is 5.13 Å². The predicted molar refractivity (Wildman–Crippen MR) is 69.8 cm³/mol. The normalized spacial score (nSPS) is 11.2. The van der Waals surface area contributed by atoms with E-state index in [-0.39, 0.29) is 0 Å². The van der Waals surface area contributed by atoms with Gasteiger partial charge in [-0.2, -0.15) is 0 Å². The number of nitrogens with one attached hydrogen (secondary N) is 1. The highest BCUT2D eigenvalue weighted by Gasteiger charge is 2.09. The third kappa shape index (κ3) is 1.91. The van der Waals surface area contributed by atoms with Crippen molar-refractivity contribution >= 4 is 32.8 Å². The number of hydrogen-bond donors (Lipinski definition) is 1. The van der Waals surface area contributed by atoms with Crippen LogP contribution in [0.3, 0.4) is 0 Å². The van der Waals surface area contributed by atoms with Gasteiger partial charge in [-0.25, -0.2) is 4.98 Å². The van der Waals surface area contributed by atoms with Crippen LogP contribution in [0.1, 0.15) is 16.4 Å².